The van der Waals surface area contributed by atoms with Gasteiger partial charge in [0.2, 0.25) is 0 Å². The minimum absolute atomic E-state index is 0.294. The zero-order valence-corrected chi connectivity index (χ0v) is 15.0. The number of amides is 1. The third kappa shape index (κ3) is 3.43. The van der Waals surface area contributed by atoms with Crippen LogP contribution < -0.4 is 5.32 Å². The molecule has 6 nitrogen and oxygen atoms in total. The van der Waals surface area contributed by atoms with Crippen LogP contribution in [-0.2, 0) is 22.4 Å². The molecule has 0 spiro atoms. The molecule has 1 aromatic carbocycles. The van der Waals surface area contributed by atoms with E-state index in [0.717, 1.165) is 41.4 Å². The van der Waals surface area contributed by atoms with Crippen molar-refractivity contribution in [1.29, 1.82) is 0 Å². The van der Waals surface area contributed by atoms with Crippen molar-refractivity contribution < 1.29 is 18.7 Å². The zero-order valence-electron chi connectivity index (χ0n) is 15.0. The number of carbonyl (C=O) groups excluding carboxylic acids is 2. The van der Waals surface area contributed by atoms with Gasteiger partial charge in [-0.3, -0.25) is 9.78 Å². The number of hydrogen-bond donors (Lipinski definition) is 1. The highest BCUT2D eigenvalue weighted by Crippen LogP contribution is 2.30. The van der Waals surface area contributed by atoms with Crippen LogP contribution in [0.25, 0.3) is 10.9 Å². The number of aromatic nitrogens is 1. The van der Waals surface area contributed by atoms with Gasteiger partial charge in [0.15, 0.2) is 6.61 Å². The third-order valence-electron chi connectivity index (χ3n) is 4.81. The number of benzene rings is 1. The molecule has 0 aliphatic heterocycles. The number of nitrogens with zero attached hydrogens (tertiary/aromatic N) is 1. The monoisotopic (exact) mass is 364 g/mol. The SMILES string of the molecule is C[C@@H](NC(=O)COC(=O)c1c2c(nc3ccccc13)CCC2)c1ccco1. The van der Waals surface area contributed by atoms with Crippen molar-refractivity contribution in [3.05, 3.63) is 65.2 Å². The normalized spacial score (nSPS) is 14.0. The van der Waals surface area contributed by atoms with Gasteiger partial charge in [-0.1, -0.05) is 18.2 Å². The molecule has 2 aromatic heterocycles. The minimum atomic E-state index is -0.479. The lowest BCUT2D eigenvalue weighted by Crippen LogP contribution is -2.31. The van der Waals surface area contributed by atoms with Crippen LogP contribution in [-0.4, -0.2) is 23.5 Å². The summed E-state index contributed by atoms with van der Waals surface area (Å²) in [6, 6.07) is 10.8. The largest absolute Gasteiger partial charge is 0.467 e. The lowest BCUT2D eigenvalue weighted by Gasteiger charge is -2.14. The average Bonchev–Trinajstić information content (AvgIpc) is 3.35. The topological polar surface area (TPSA) is 81.4 Å². The lowest BCUT2D eigenvalue weighted by molar-refractivity contribution is -0.125. The van der Waals surface area contributed by atoms with E-state index in [1.165, 1.54) is 0 Å². The van der Waals surface area contributed by atoms with Gasteiger partial charge in [-0.05, 0) is 49.9 Å². The van der Waals surface area contributed by atoms with Crippen molar-refractivity contribution in [3.8, 4) is 0 Å². The van der Waals surface area contributed by atoms with Gasteiger partial charge in [0, 0.05) is 11.1 Å². The van der Waals surface area contributed by atoms with Crippen LogP contribution in [0.1, 0.15) is 46.8 Å². The molecular formula is C21H20N2O4. The van der Waals surface area contributed by atoms with E-state index in [-0.39, 0.29) is 18.6 Å². The third-order valence-corrected chi connectivity index (χ3v) is 4.81. The molecule has 1 amide bonds. The molecule has 0 unspecified atom stereocenters. The Morgan fingerprint density at radius 2 is 2.07 bits per heavy atom. The number of fused-ring (bicyclic) bond motifs is 2. The van der Waals surface area contributed by atoms with Gasteiger partial charge in [0.1, 0.15) is 5.76 Å². The maximum Gasteiger partial charge on any atom is 0.339 e. The molecule has 1 aliphatic carbocycles. The average molecular weight is 364 g/mol. The molecule has 1 atom stereocenters. The Hall–Kier alpha value is -3.15. The highest BCUT2D eigenvalue weighted by atomic mass is 16.5. The van der Waals surface area contributed by atoms with Crippen LogP contribution >= 0.6 is 0 Å². The van der Waals surface area contributed by atoms with E-state index in [2.05, 4.69) is 10.3 Å². The second-order valence-electron chi connectivity index (χ2n) is 6.66. The Balaban J connectivity index is 1.50. The van der Waals surface area contributed by atoms with Crippen molar-refractivity contribution in [1.82, 2.24) is 10.3 Å². The van der Waals surface area contributed by atoms with Gasteiger partial charge in [-0.15, -0.1) is 0 Å². The molecular weight excluding hydrogens is 344 g/mol. The van der Waals surface area contributed by atoms with Crippen LogP contribution in [0.5, 0.6) is 0 Å². The summed E-state index contributed by atoms with van der Waals surface area (Å²) in [7, 11) is 0. The molecule has 6 heteroatoms. The van der Waals surface area contributed by atoms with Crippen molar-refractivity contribution in [2.24, 2.45) is 0 Å². The molecule has 0 radical (unpaired) electrons. The molecule has 0 saturated carbocycles. The number of hydrogen-bond acceptors (Lipinski definition) is 5. The van der Waals surface area contributed by atoms with E-state index in [1.807, 2.05) is 31.2 Å². The van der Waals surface area contributed by atoms with Gasteiger partial charge >= 0.3 is 5.97 Å². The van der Waals surface area contributed by atoms with Crippen molar-refractivity contribution in [2.75, 3.05) is 6.61 Å². The zero-order chi connectivity index (χ0) is 18.8. The first-order valence-corrected chi connectivity index (χ1v) is 9.04. The van der Waals surface area contributed by atoms with Gasteiger partial charge in [-0.2, -0.15) is 0 Å². The fourth-order valence-corrected chi connectivity index (χ4v) is 3.54. The number of nitrogens with one attached hydrogen (secondary N) is 1. The molecule has 1 aliphatic rings. The quantitative estimate of drug-likeness (QED) is 0.702. The Bertz CT molecular complexity index is 995. The summed E-state index contributed by atoms with van der Waals surface area (Å²) in [6.07, 6.45) is 4.19. The van der Waals surface area contributed by atoms with Gasteiger partial charge in [0.05, 0.1) is 23.4 Å². The van der Waals surface area contributed by atoms with E-state index in [1.54, 1.807) is 18.4 Å². The van der Waals surface area contributed by atoms with Crippen LogP contribution in [0.3, 0.4) is 0 Å². The Morgan fingerprint density at radius 1 is 1.22 bits per heavy atom. The summed E-state index contributed by atoms with van der Waals surface area (Å²) in [5, 5.41) is 3.53. The Labute approximate surface area is 156 Å². The first kappa shape index (κ1) is 17.3. The van der Waals surface area contributed by atoms with E-state index >= 15 is 0 Å². The fraction of sp³-hybridized carbons (Fsp3) is 0.286. The van der Waals surface area contributed by atoms with Crippen LogP contribution in [0.4, 0.5) is 0 Å². The number of esters is 1. The maximum atomic E-state index is 12.8. The fourth-order valence-electron chi connectivity index (χ4n) is 3.54. The standard InChI is InChI=1S/C21H20N2O4/c1-13(18-10-5-11-26-18)22-19(24)12-27-21(25)20-14-6-2-3-8-16(14)23-17-9-4-7-15(17)20/h2-3,5-6,8,10-11,13H,4,7,9,12H2,1H3,(H,22,24)/t13-/m1/s1. The first-order valence-electron chi connectivity index (χ1n) is 9.04. The Morgan fingerprint density at radius 3 is 2.89 bits per heavy atom. The highest BCUT2D eigenvalue weighted by Gasteiger charge is 2.25. The molecule has 3 aromatic rings. The summed E-state index contributed by atoms with van der Waals surface area (Å²) < 4.78 is 10.6. The molecule has 1 N–H and O–H groups in total. The van der Waals surface area contributed by atoms with Crippen LogP contribution in [0.15, 0.2) is 47.1 Å². The molecule has 2 heterocycles. The van der Waals surface area contributed by atoms with Crippen molar-refractivity contribution in [3.63, 3.8) is 0 Å². The number of para-hydroxylation sites is 1. The number of ether oxygens (including phenoxy) is 1. The molecule has 4 rings (SSSR count). The number of furan rings is 1. The maximum absolute atomic E-state index is 12.8. The van der Waals surface area contributed by atoms with Crippen LogP contribution in [0.2, 0.25) is 0 Å². The van der Waals surface area contributed by atoms with Crippen molar-refractivity contribution >= 4 is 22.8 Å². The first-order chi connectivity index (χ1) is 13.1. The summed E-state index contributed by atoms with van der Waals surface area (Å²) >= 11 is 0. The number of rotatable bonds is 5. The number of pyridine rings is 1. The number of aryl methyl sites for hydroxylation is 1. The summed E-state index contributed by atoms with van der Waals surface area (Å²) in [5.41, 5.74) is 3.22. The van der Waals surface area contributed by atoms with Gasteiger partial charge in [-0.25, -0.2) is 4.79 Å². The molecule has 138 valence electrons. The second-order valence-corrected chi connectivity index (χ2v) is 6.66. The molecule has 27 heavy (non-hydrogen) atoms. The summed E-state index contributed by atoms with van der Waals surface area (Å²) in [5.74, 6) is -0.206. The summed E-state index contributed by atoms with van der Waals surface area (Å²) in [4.78, 5) is 29.6. The van der Waals surface area contributed by atoms with Crippen molar-refractivity contribution in [2.45, 2.75) is 32.2 Å². The molecule has 0 saturated heterocycles. The predicted octanol–water partition coefficient (Wildman–Crippen LogP) is 3.35. The smallest absolute Gasteiger partial charge is 0.339 e. The van der Waals surface area contributed by atoms with Gasteiger partial charge in [0.25, 0.3) is 5.91 Å². The van der Waals surface area contributed by atoms with E-state index in [0.29, 0.717) is 11.3 Å². The van der Waals surface area contributed by atoms with Crippen LogP contribution in [0, 0.1) is 0 Å². The molecule has 0 fully saturated rings. The summed E-state index contributed by atoms with van der Waals surface area (Å²) in [6.45, 7) is 1.47. The van der Waals surface area contributed by atoms with Gasteiger partial charge < -0.3 is 14.5 Å². The predicted molar refractivity (Wildman–Crippen MR) is 99.3 cm³/mol. The van der Waals surface area contributed by atoms with E-state index < -0.39 is 5.97 Å². The van der Waals surface area contributed by atoms with E-state index in [4.69, 9.17) is 9.15 Å². The number of carbonyl (C=O) groups is 2. The minimum Gasteiger partial charge on any atom is -0.467 e. The highest BCUT2D eigenvalue weighted by molar-refractivity contribution is 6.05. The molecule has 0 bridgehead atoms. The Kier molecular flexibility index (Phi) is 4.62. The lowest BCUT2D eigenvalue weighted by atomic mass is 10.0. The van der Waals surface area contributed by atoms with E-state index in [9.17, 15) is 9.59 Å². The second kappa shape index (κ2) is 7.23.